The molecule has 0 aliphatic rings. The minimum absolute atomic E-state index is 0.855. The second-order valence-electron chi connectivity index (χ2n) is 16.0. The van der Waals surface area contributed by atoms with Gasteiger partial charge in [-0.3, -0.25) is 0 Å². The molecule has 0 saturated heterocycles. The van der Waals surface area contributed by atoms with E-state index in [4.69, 9.17) is 4.42 Å². The van der Waals surface area contributed by atoms with Crippen molar-refractivity contribution in [3.05, 3.63) is 218 Å². The number of hydrogen-bond donors (Lipinski definition) is 0. The molecule has 0 atom stereocenters. The number of rotatable bonds is 6. The van der Waals surface area contributed by atoms with Gasteiger partial charge in [0.15, 0.2) is 0 Å². The Morgan fingerprint density at radius 3 is 1.90 bits per heavy atom. The van der Waals surface area contributed by atoms with Gasteiger partial charge >= 0.3 is 0 Å². The maximum absolute atomic E-state index is 7.06. The lowest BCUT2D eigenvalue weighted by Gasteiger charge is -2.28. The van der Waals surface area contributed by atoms with E-state index in [-0.39, 0.29) is 0 Å². The van der Waals surface area contributed by atoms with Crippen LogP contribution in [0.25, 0.3) is 103 Å². The van der Waals surface area contributed by atoms with Gasteiger partial charge in [-0.2, -0.15) is 0 Å². The standard InChI is InChI=1S/C58H36N2OS/c1-2-19-41-37(15-1)16-14-28-49(41)59(40-18-13-17-38(35-40)39-31-34-56-48(36-39)45-23-7-12-30-55(45)62-56)53-33-32-46(58-57(53)47-24-6-11-29-54(47)61-58)44-22-5-10-27-52(44)60-50-25-8-3-20-42(50)43-21-4-9-26-51(43)60/h1-36H. The topological polar surface area (TPSA) is 21.3 Å². The maximum Gasteiger partial charge on any atom is 0.145 e. The van der Waals surface area contributed by atoms with Gasteiger partial charge in [0.25, 0.3) is 0 Å². The van der Waals surface area contributed by atoms with Crippen LogP contribution in [0.4, 0.5) is 17.1 Å². The molecule has 0 radical (unpaired) electrons. The van der Waals surface area contributed by atoms with Crippen LogP contribution in [0.5, 0.6) is 0 Å². The SMILES string of the molecule is c1cc(-c2ccc3sc4ccccc4c3c2)cc(N(c2cccc3ccccc23)c2ccc(-c3ccccc3-n3c4ccccc4c4ccccc43)c3oc4ccccc4c23)c1. The molecule has 0 N–H and O–H groups in total. The summed E-state index contributed by atoms with van der Waals surface area (Å²) in [5, 5.41) is 9.57. The second-order valence-corrected chi connectivity index (χ2v) is 17.1. The van der Waals surface area contributed by atoms with E-state index in [1.807, 2.05) is 11.3 Å². The van der Waals surface area contributed by atoms with E-state index >= 15 is 0 Å². The Morgan fingerprint density at radius 1 is 0.403 bits per heavy atom. The number of anilines is 3. The third kappa shape index (κ3) is 5.30. The van der Waals surface area contributed by atoms with E-state index in [9.17, 15) is 0 Å². The summed E-state index contributed by atoms with van der Waals surface area (Å²) in [6, 6.07) is 79.2. The molecule has 0 saturated carbocycles. The average molecular weight is 809 g/mol. The zero-order chi connectivity index (χ0) is 40.7. The monoisotopic (exact) mass is 808 g/mol. The molecular formula is C58H36N2OS. The Hall–Kier alpha value is -7.92. The fraction of sp³-hybridized carbons (Fsp3) is 0. The van der Waals surface area contributed by atoms with Gasteiger partial charge in [-0.1, -0.05) is 146 Å². The number of thiophene rings is 1. The molecule has 0 aliphatic carbocycles. The summed E-state index contributed by atoms with van der Waals surface area (Å²) in [6.07, 6.45) is 0. The first-order chi connectivity index (χ1) is 30.8. The van der Waals surface area contributed by atoms with Crippen molar-refractivity contribution in [1.82, 2.24) is 4.57 Å². The van der Waals surface area contributed by atoms with E-state index < -0.39 is 0 Å². The summed E-state index contributed by atoms with van der Waals surface area (Å²) >= 11 is 1.85. The molecule has 4 heteroatoms. The quantitative estimate of drug-likeness (QED) is 0.167. The Morgan fingerprint density at radius 2 is 1.05 bits per heavy atom. The van der Waals surface area contributed by atoms with Crippen LogP contribution in [0.15, 0.2) is 223 Å². The first kappa shape index (κ1) is 34.9. The number of nitrogens with zero attached hydrogens (tertiary/aromatic N) is 2. The molecule has 10 aromatic carbocycles. The van der Waals surface area contributed by atoms with Crippen molar-refractivity contribution < 1.29 is 4.42 Å². The smallest absolute Gasteiger partial charge is 0.145 e. The van der Waals surface area contributed by atoms with Crippen molar-refractivity contribution in [2.75, 3.05) is 4.90 Å². The van der Waals surface area contributed by atoms with Crippen molar-refractivity contribution >= 4 is 103 Å². The van der Waals surface area contributed by atoms with Crippen LogP contribution in [-0.4, -0.2) is 4.57 Å². The molecule has 0 aliphatic heterocycles. The van der Waals surface area contributed by atoms with Crippen LogP contribution in [0, 0.1) is 0 Å². The van der Waals surface area contributed by atoms with Crippen molar-refractivity contribution in [1.29, 1.82) is 0 Å². The second kappa shape index (κ2) is 13.8. The molecule has 3 nitrogen and oxygen atoms in total. The van der Waals surface area contributed by atoms with Crippen molar-refractivity contribution in [3.8, 4) is 27.9 Å². The lowest BCUT2D eigenvalue weighted by atomic mass is 9.97. The van der Waals surface area contributed by atoms with Crippen LogP contribution in [0.2, 0.25) is 0 Å². The largest absolute Gasteiger partial charge is 0.455 e. The van der Waals surface area contributed by atoms with Crippen molar-refractivity contribution in [2.45, 2.75) is 0 Å². The highest BCUT2D eigenvalue weighted by atomic mass is 32.1. The summed E-state index contributed by atoms with van der Waals surface area (Å²) in [5.41, 5.74) is 12.9. The summed E-state index contributed by atoms with van der Waals surface area (Å²) in [7, 11) is 0. The lowest BCUT2D eigenvalue weighted by molar-refractivity contribution is 0.670. The Labute approximate surface area is 361 Å². The van der Waals surface area contributed by atoms with Crippen molar-refractivity contribution in [2.24, 2.45) is 0 Å². The first-order valence-electron chi connectivity index (χ1n) is 21.1. The van der Waals surface area contributed by atoms with E-state index in [0.717, 1.165) is 61.4 Å². The number of furan rings is 1. The van der Waals surface area contributed by atoms with Gasteiger partial charge in [0.05, 0.1) is 33.5 Å². The zero-order valence-electron chi connectivity index (χ0n) is 33.5. The highest BCUT2D eigenvalue weighted by Crippen LogP contribution is 2.49. The van der Waals surface area contributed by atoms with Gasteiger partial charge in [0.2, 0.25) is 0 Å². The first-order valence-corrected chi connectivity index (χ1v) is 21.9. The lowest BCUT2D eigenvalue weighted by Crippen LogP contribution is -2.11. The molecule has 290 valence electrons. The van der Waals surface area contributed by atoms with Crippen LogP contribution in [0.3, 0.4) is 0 Å². The number of aromatic nitrogens is 1. The molecular weight excluding hydrogens is 773 g/mol. The highest BCUT2D eigenvalue weighted by molar-refractivity contribution is 7.25. The summed E-state index contributed by atoms with van der Waals surface area (Å²) in [6.45, 7) is 0. The minimum Gasteiger partial charge on any atom is -0.455 e. The van der Waals surface area contributed by atoms with Crippen LogP contribution in [0.1, 0.15) is 0 Å². The molecule has 13 aromatic rings. The number of benzene rings is 10. The van der Waals surface area contributed by atoms with Crippen LogP contribution < -0.4 is 4.90 Å². The Balaban J connectivity index is 1.07. The van der Waals surface area contributed by atoms with Gasteiger partial charge < -0.3 is 13.9 Å². The van der Waals surface area contributed by atoms with E-state index in [1.165, 1.54) is 58.3 Å². The van der Waals surface area contributed by atoms with Gasteiger partial charge in [-0.25, -0.2) is 0 Å². The number of hydrogen-bond acceptors (Lipinski definition) is 3. The van der Waals surface area contributed by atoms with Gasteiger partial charge in [-0.15, -0.1) is 11.3 Å². The molecule has 13 rings (SSSR count). The predicted molar refractivity (Wildman–Crippen MR) is 264 cm³/mol. The normalized spacial score (nSPS) is 11.9. The molecule has 62 heavy (non-hydrogen) atoms. The fourth-order valence-corrected chi connectivity index (χ4v) is 10.9. The van der Waals surface area contributed by atoms with Gasteiger partial charge in [-0.05, 0) is 89.3 Å². The average Bonchev–Trinajstić information content (AvgIpc) is 4.02. The summed E-state index contributed by atoms with van der Waals surface area (Å²) in [4.78, 5) is 2.44. The molecule has 0 fully saturated rings. The van der Waals surface area contributed by atoms with Crippen LogP contribution in [-0.2, 0) is 0 Å². The van der Waals surface area contributed by atoms with Crippen molar-refractivity contribution in [3.63, 3.8) is 0 Å². The maximum atomic E-state index is 7.06. The Kier molecular flexibility index (Phi) is 7.78. The predicted octanol–water partition coefficient (Wildman–Crippen LogP) is 17.0. The molecule has 0 bridgehead atoms. The molecule has 3 heterocycles. The molecule has 3 aromatic heterocycles. The minimum atomic E-state index is 0.855. The van der Waals surface area contributed by atoms with Crippen LogP contribution >= 0.6 is 11.3 Å². The number of fused-ring (bicyclic) bond motifs is 10. The van der Waals surface area contributed by atoms with E-state index in [1.54, 1.807) is 0 Å². The third-order valence-corrected chi connectivity index (χ3v) is 13.7. The van der Waals surface area contributed by atoms with E-state index in [0.29, 0.717) is 0 Å². The molecule has 0 unspecified atom stereocenters. The van der Waals surface area contributed by atoms with Gasteiger partial charge in [0.1, 0.15) is 11.2 Å². The molecule has 0 amide bonds. The summed E-state index contributed by atoms with van der Waals surface area (Å²) in [5.74, 6) is 0. The summed E-state index contributed by atoms with van der Waals surface area (Å²) < 4.78 is 12.1. The third-order valence-electron chi connectivity index (χ3n) is 12.6. The molecule has 0 spiro atoms. The van der Waals surface area contributed by atoms with E-state index in [2.05, 4.69) is 228 Å². The highest BCUT2D eigenvalue weighted by Gasteiger charge is 2.25. The number of para-hydroxylation sites is 4. The van der Waals surface area contributed by atoms with Gasteiger partial charge in [0, 0.05) is 58.5 Å². The zero-order valence-corrected chi connectivity index (χ0v) is 34.3. The Bertz CT molecular complexity index is 3850. The fourth-order valence-electron chi connectivity index (χ4n) is 9.83.